The normalized spacial score (nSPS) is 15.8. The van der Waals surface area contributed by atoms with Crippen molar-refractivity contribution in [2.45, 2.75) is 25.8 Å². The highest BCUT2D eigenvalue weighted by Gasteiger charge is 2.26. The van der Waals surface area contributed by atoms with Crippen molar-refractivity contribution >= 4 is 11.7 Å². The monoisotopic (exact) mass is 403 g/mol. The molecule has 1 aliphatic carbocycles. The summed E-state index contributed by atoms with van der Waals surface area (Å²) >= 11 is 0. The fourth-order valence-corrected chi connectivity index (χ4v) is 4.20. The zero-order valence-corrected chi connectivity index (χ0v) is 16.9. The van der Waals surface area contributed by atoms with Gasteiger partial charge in [-0.25, -0.2) is 9.67 Å². The Bertz CT molecular complexity index is 1040. The van der Waals surface area contributed by atoms with E-state index in [1.807, 2.05) is 47.1 Å². The van der Waals surface area contributed by atoms with E-state index in [1.165, 1.54) is 0 Å². The molecule has 1 saturated heterocycles. The molecule has 7 heteroatoms. The summed E-state index contributed by atoms with van der Waals surface area (Å²) < 4.78 is 7.35. The second-order valence-electron chi connectivity index (χ2n) is 7.68. The first-order valence-corrected chi connectivity index (χ1v) is 10.5. The third-order valence-corrected chi connectivity index (χ3v) is 5.74. The number of benzene rings is 1. The molecular formula is C23H25N5O2. The van der Waals surface area contributed by atoms with Gasteiger partial charge < -0.3 is 15.0 Å². The number of para-hydroxylation sites is 1. The van der Waals surface area contributed by atoms with Gasteiger partial charge in [-0.05, 0) is 49.1 Å². The predicted octanol–water partition coefficient (Wildman–Crippen LogP) is 2.52. The van der Waals surface area contributed by atoms with Crippen LogP contribution >= 0.6 is 0 Å². The molecule has 3 aromatic rings. The van der Waals surface area contributed by atoms with Crippen molar-refractivity contribution in [1.29, 1.82) is 0 Å². The maximum absolute atomic E-state index is 13.0. The smallest absolute Gasteiger partial charge is 0.272 e. The molecule has 0 saturated carbocycles. The second kappa shape index (κ2) is 8.28. The van der Waals surface area contributed by atoms with Crippen LogP contribution in [0.2, 0.25) is 0 Å². The Morgan fingerprint density at radius 1 is 1.10 bits per heavy atom. The van der Waals surface area contributed by atoms with Crippen LogP contribution in [-0.2, 0) is 24.1 Å². The van der Waals surface area contributed by atoms with Gasteiger partial charge in [-0.1, -0.05) is 18.2 Å². The van der Waals surface area contributed by atoms with E-state index in [9.17, 15) is 4.79 Å². The number of nitrogens with one attached hydrogen (secondary N) is 1. The van der Waals surface area contributed by atoms with Crippen LogP contribution in [0.15, 0.2) is 48.7 Å². The summed E-state index contributed by atoms with van der Waals surface area (Å²) in [6, 6.07) is 14.0. The molecule has 0 atom stereocenters. The number of hydrogen-bond acceptors (Lipinski definition) is 5. The van der Waals surface area contributed by atoms with Gasteiger partial charge in [0.1, 0.15) is 5.82 Å². The van der Waals surface area contributed by atoms with Gasteiger partial charge in [0, 0.05) is 37.1 Å². The summed E-state index contributed by atoms with van der Waals surface area (Å²) in [6.07, 6.45) is 4.72. The topological polar surface area (TPSA) is 72.3 Å². The second-order valence-corrected chi connectivity index (χ2v) is 7.68. The van der Waals surface area contributed by atoms with E-state index < -0.39 is 0 Å². The van der Waals surface area contributed by atoms with Gasteiger partial charge in [-0.2, -0.15) is 5.10 Å². The van der Waals surface area contributed by atoms with E-state index in [0.29, 0.717) is 12.2 Å². The van der Waals surface area contributed by atoms with E-state index in [1.54, 1.807) is 6.20 Å². The fourth-order valence-electron chi connectivity index (χ4n) is 4.20. The highest BCUT2D eigenvalue weighted by Crippen LogP contribution is 2.27. The predicted molar refractivity (Wildman–Crippen MR) is 114 cm³/mol. The van der Waals surface area contributed by atoms with Gasteiger partial charge in [0.2, 0.25) is 0 Å². The van der Waals surface area contributed by atoms with Crippen LogP contribution in [0.25, 0.3) is 5.69 Å². The van der Waals surface area contributed by atoms with E-state index in [-0.39, 0.29) is 5.91 Å². The summed E-state index contributed by atoms with van der Waals surface area (Å²) in [6.45, 7) is 3.57. The van der Waals surface area contributed by atoms with E-state index in [4.69, 9.17) is 4.74 Å². The van der Waals surface area contributed by atoms with Gasteiger partial charge in [0.15, 0.2) is 5.69 Å². The number of pyridine rings is 1. The van der Waals surface area contributed by atoms with Crippen molar-refractivity contribution in [2.75, 3.05) is 31.2 Å². The van der Waals surface area contributed by atoms with Gasteiger partial charge in [-0.15, -0.1) is 0 Å². The number of hydrogen-bond donors (Lipinski definition) is 1. The number of aromatic nitrogens is 3. The largest absolute Gasteiger partial charge is 0.378 e. The van der Waals surface area contributed by atoms with Crippen molar-refractivity contribution in [3.05, 3.63) is 71.2 Å². The zero-order chi connectivity index (χ0) is 20.3. The first-order chi connectivity index (χ1) is 14.8. The van der Waals surface area contributed by atoms with Gasteiger partial charge >= 0.3 is 0 Å². The van der Waals surface area contributed by atoms with Crippen LogP contribution in [0.3, 0.4) is 0 Å². The summed E-state index contributed by atoms with van der Waals surface area (Å²) in [7, 11) is 0. The molecule has 5 rings (SSSR count). The number of amides is 1. The van der Waals surface area contributed by atoms with Gasteiger partial charge in [0.25, 0.3) is 5.91 Å². The van der Waals surface area contributed by atoms with E-state index >= 15 is 0 Å². The van der Waals surface area contributed by atoms with Crippen molar-refractivity contribution in [3.63, 3.8) is 0 Å². The Morgan fingerprint density at radius 3 is 2.77 bits per heavy atom. The molecule has 30 heavy (non-hydrogen) atoms. The lowest BCUT2D eigenvalue weighted by atomic mass is 10.2. The summed E-state index contributed by atoms with van der Waals surface area (Å²) in [5.74, 6) is 0.812. The molecule has 1 amide bonds. The molecule has 1 fully saturated rings. The molecule has 2 aliphatic rings. The Balaban J connectivity index is 1.32. The standard InChI is InChI=1S/C23H25N5O2/c29-23(25-16-17-9-10-24-21(15-17)27-11-13-30-14-12-27)22-19-7-4-8-20(19)28(26-22)18-5-2-1-3-6-18/h1-3,5-6,9-10,15H,4,7-8,11-14,16H2,(H,25,29). The molecule has 154 valence electrons. The molecule has 1 aliphatic heterocycles. The Hall–Kier alpha value is -3.19. The molecule has 0 bridgehead atoms. The minimum Gasteiger partial charge on any atom is -0.378 e. The first-order valence-electron chi connectivity index (χ1n) is 10.5. The highest BCUT2D eigenvalue weighted by atomic mass is 16.5. The summed E-state index contributed by atoms with van der Waals surface area (Å²) in [5.41, 5.74) is 4.82. The summed E-state index contributed by atoms with van der Waals surface area (Å²) in [5, 5.41) is 7.73. The van der Waals surface area contributed by atoms with Crippen molar-refractivity contribution in [1.82, 2.24) is 20.1 Å². The minimum atomic E-state index is -0.118. The molecule has 7 nitrogen and oxygen atoms in total. The lowest BCUT2D eigenvalue weighted by molar-refractivity contribution is 0.0944. The number of nitrogens with zero attached hydrogens (tertiary/aromatic N) is 4. The van der Waals surface area contributed by atoms with Crippen LogP contribution in [0.4, 0.5) is 5.82 Å². The molecular weight excluding hydrogens is 378 g/mol. The third-order valence-electron chi connectivity index (χ3n) is 5.74. The lowest BCUT2D eigenvalue weighted by Crippen LogP contribution is -2.36. The Kier molecular flexibility index (Phi) is 5.19. The summed E-state index contributed by atoms with van der Waals surface area (Å²) in [4.78, 5) is 19.7. The maximum Gasteiger partial charge on any atom is 0.272 e. The SMILES string of the molecule is O=C(NCc1ccnc(N2CCOCC2)c1)c1nn(-c2ccccc2)c2c1CCC2. The minimum absolute atomic E-state index is 0.118. The number of morpholine rings is 1. The van der Waals surface area contributed by atoms with Crippen LogP contribution < -0.4 is 10.2 Å². The quantitative estimate of drug-likeness (QED) is 0.709. The van der Waals surface area contributed by atoms with Crippen molar-refractivity contribution in [2.24, 2.45) is 0 Å². The molecule has 0 radical (unpaired) electrons. The highest BCUT2D eigenvalue weighted by molar-refractivity contribution is 5.94. The average Bonchev–Trinajstić information content (AvgIpc) is 3.42. The van der Waals surface area contributed by atoms with Gasteiger partial charge in [0.05, 0.1) is 18.9 Å². The third kappa shape index (κ3) is 3.68. The average molecular weight is 403 g/mol. The van der Waals surface area contributed by atoms with Gasteiger partial charge in [-0.3, -0.25) is 4.79 Å². The molecule has 1 aromatic carbocycles. The van der Waals surface area contributed by atoms with Crippen LogP contribution in [0.1, 0.15) is 33.7 Å². The number of carbonyl (C=O) groups is 1. The number of fused-ring (bicyclic) bond motifs is 1. The number of anilines is 1. The number of rotatable bonds is 5. The maximum atomic E-state index is 13.0. The van der Waals surface area contributed by atoms with Crippen molar-refractivity contribution < 1.29 is 9.53 Å². The molecule has 0 spiro atoms. The van der Waals surface area contributed by atoms with Crippen LogP contribution in [0, 0.1) is 0 Å². The first kappa shape index (κ1) is 18.8. The van der Waals surface area contributed by atoms with Crippen LogP contribution in [0.5, 0.6) is 0 Å². The fraction of sp³-hybridized carbons (Fsp3) is 0.348. The van der Waals surface area contributed by atoms with E-state index in [0.717, 1.165) is 73.9 Å². The molecule has 0 unspecified atom stereocenters. The molecule has 2 aromatic heterocycles. The lowest BCUT2D eigenvalue weighted by Gasteiger charge is -2.28. The molecule has 3 heterocycles. The van der Waals surface area contributed by atoms with Crippen molar-refractivity contribution in [3.8, 4) is 5.69 Å². The number of ether oxygens (including phenoxy) is 1. The zero-order valence-electron chi connectivity index (χ0n) is 16.9. The van der Waals surface area contributed by atoms with Crippen LogP contribution in [-0.4, -0.2) is 47.0 Å². The Labute approximate surface area is 175 Å². The van der Waals surface area contributed by atoms with E-state index in [2.05, 4.69) is 20.3 Å². The number of carbonyl (C=O) groups excluding carboxylic acids is 1. The molecule has 1 N–H and O–H groups in total. The Morgan fingerprint density at radius 2 is 1.93 bits per heavy atom.